The molecule has 0 aliphatic heterocycles. The molecule has 7 atom stereocenters. The highest BCUT2D eigenvalue weighted by molar-refractivity contribution is 5.99. The number of hydrogen-bond donors (Lipinski definition) is 0. The van der Waals surface area contributed by atoms with Crippen LogP contribution in [0.4, 0.5) is 0 Å². The van der Waals surface area contributed by atoms with Crippen LogP contribution in [0.2, 0.25) is 0 Å². The minimum atomic E-state index is -0.424. The van der Waals surface area contributed by atoms with E-state index in [1.807, 2.05) is 26.0 Å². The van der Waals surface area contributed by atoms with Gasteiger partial charge >= 0.3 is 5.97 Å². The largest absolute Gasteiger partial charge is 0.459 e. The van der Waals surface area contributed by atoms with Gasteiger partial charge in [-0.2, -0.15) is 0 Å². The molecule has 4 saturated carbocycles. The van der Waals surface area contributed by atoms with Gasteiger partial charge in [0.1, 0.15) is 17.2 Å². The SMILES string of the molecule is CC(C)(OC(=O)CC1CC2C(=O)C1C1C3C=CC(C3=O)C21)C1CCCCC1. The van der Waals surface area contributed by atoms with Crippen LogP contribution in [0.5, 0.6) is 0 Å². The van der Waals surface area contributed by atoms with Crippen LogP contribution >= 0.6 is 0 Å². The molecule has 0 aromatic rings. The number of allylic oxidation sites excluding steroid dienone is 2. The number of fused-ring (bicyclic) bond motifs is 9. The Balaban J connectivity index is 1.26. The van der Waals surface area contributed by atoms with Crippen molar-refractivity contribution in [3.05, 3.63) is 12.2 Å². The van der Waals surface area contributed by atoms with Crippen molar-refractivity contribution in [2.45, 2.75) is 64.4 Å². The maximum absolute atomic E-state index is 12.8. The van der Waals surface area contributed by atoms with E-state index in [4.69, 9.17) is 4.74 Å². The van der Waals surface area contributed by atoms with E-state index >= 15 is 0 Å². The maximum Gasteiger partial charge on any atom is 0.306 e. The Hall–Kier alpha value is -1.45. The summed E-state index contributed by atoms with van der Waals surface area (Å²) in [6.07, 6.45) is 11.1. The number of ketones is 2. The standard InChI is InChI=1S/C23H30O4/c1-23(2,13-6-4-3-5-7-13)27-17(24)11-12-10-16-19-14-8-9-15(21(14)25)20(19)18(12)22(16)26/h8-9,12-16,18-20H,3-7,10-11H2,1-2H3. The van der Waals surface area contributed by atoms with Crippen molar-refractivity contribution in [1.29, 1.82) is 0 Å². The van der Waals surface area contributed by atoms with E-state index in [9.17, 15) is 14.4 Å². The number of carbonyl (C=O) groups excluding carboxylic acids is 3. The monoisotopic (exact) mass is 370 g/mol. The summed E-state index contributed by atoms with van der Waals surface area (Å²) in [5.74, 6) is 1.15. The van der Waals surface area contributed by atoms with Gasteiger partial charge < -0.3 is 4.74 Å². The molecule has 4 nitrogen and oxygen atoms in total. The summed E-state index contributed by atoms with van der Waals surface area (Å²) in [4.78, 5) is 38.0. The van der Waals surface area contributed by atoms with Crippen LogP contribution in [-0.4, -0.2) is 23.1 Å². The first-order valence-corrected chi connectivity index (χ1v) is 10.9. The Kier molecular flexibility index (Phi) is 3.93. The highest BCUT2D eigenvalue weighted by atomic mass is 16.6. The third-order valence-corrected chi connectivity index (χ3v) is 8.49. The molecule has 0 spiro atoms. The second-order valence-corrected chi connectivity index (χ2v) is 10.1. The fourth-order valence-electron chi connectivity index (χ4n) is 7.31. The van der Waals surface area contributed by atoms with Crippen LogP contribution < -0.4 is 0 Å². The minimum Gasteiger partial charge on any atom is -0.459 e. The Labute approximate surface area is 161 Å². The lowest BCUT2D eigenvalue weighted by atomic mass is 9.68. The van der Waals surface area contributed by atoms with E-state index in [1.54, 1.807) is 0 Å². The van der Waals surface area contributed by atoms with E-state index in [2.05, 4.69) is 0 Å². The molecule has 4 bridgehead atoms. The second-order valence-electron chi connectivity index (χ2n) is 10.1. The fraction of sp³-hybridized carbons (Fsp3) is 0.783. The van der Waals surface area contributed by atoms with E-state index in [1.165, 1.54) is 19.3 Å². The van der Waals surface area contributed by atoms with Gasteiger partial charge in [0.05, 0.1) is 0 Å². The van der Waals surface area contributed by atoms with Crippen molar-refractivity contribution in [2.24, 2.45) is 47.3 Å². The molecule has 5 aliphatic carbocycles. The highest BCUT2D eigenvalue weighted by Gasteiger charge is 2.68. The summed E-state index contributed by atoms with van der Waals surface area (Å²) in [6.45, 7) is 4.09. The number of rotatable bonds is 4. The van der Waals surface area contributed by atoms with Crippen molar-refractivity contribution in [3.8, 4) is 0 Å². The van der Waals surface area contributed by atoms with Gasteiger partial charge in [0.15, 0.2) is 0 Å². The first-order valence-electron chi connectivity index (χ1n) is 10.9. The molecule has 0 N–H and O–H groups in total. The quantitative estimate of drug-likeness (QED) is 0.430. The molecule has 27 heavy (non-hydrogen) atoms. The van der Waals surface area contributed by atoms with E-state index < -0.39 is 5.60 Å². The van der Waals surface area contributed by atoms with Gasteiger partial charge in [-0.25, -0.2) is 0 Å². The first kappa shape index (κ1) is 17.6. The first-order chi connectivity index (χ1) is 12.9. The summed E-state index contributed by atoms with van der Waals surface area (Å²) in [7, 11) is 0. The van der Waals surface area contributed by atoms with Crippen LogP contribution in [0.3, 0.4) is 0 Å². The zero-order chi connectivity index (χ0) is 18.9. The van der Waals surface area contributed by atoms with Gasteiger partial charge in [-0.15, -0.1) is 0 Å². The van der Waals surface area contributed by atoms with Crippen LogP contribution in [0.15, 0.2) is 12.2 Å². The molecule has 5 rings (SSSR count). The molecule has 146 valence electrons. The Morgan fingerprint density at radius 1 is 1.04 bits per heavy atom. The Morgan fingerprint density at radius 3 is 2.41 bits per heavy atom. The summed E-state index contributed by atoms with van der Waals surface area (Å²) < 4.78 is 5.95. The fourth-order valence-corrected chi connectivity index (χ4v) is 7.31. The highest BCUT2D eigenvalue weighted by Crippen LogP contribution is 2.64. The summed E-state index contributed by atoms with van der Waals surface area (Å²) in [6, 6.07) is 0. The lowest BCUT2D eigenvalue weighted by molar-refractivity contribution is -0.164. The van der Waals surface area contributed by atoms with Crippen molar-refractivity contribution >= 4 is 17.5 Å². The van der Waals surface area contributed by atoms with Gasteiger partial charge in [-0.1, -0.05) is 31.4 Å². The van der Waals surface area contributed by atoms with Gasteiger partial charge in [-0.3, -0.25) is 14.4 Å². The molecule has 0 radical (unpaired) electrons. The van der Waals surface area contributed by atoms with Crippen molar-refractivity contribution < 1.29 is 19.1 Å². The van der Waals surface area contributed by atoms with Crippen molar-refractivity contribution in [2.75, 3.05) is 0 Å². The molecular formula is C23H30O4. The van der Waals surface area contributed by atoms with Crippen LogP contribution in [-0.2, 0) is 19.1 Å². The molecule has 5 aliphatic rings. The number of Topliss-reactive ketones (excluding diaryl/α,β-unsaturated/α-hetero) is 2. The molecule has 0 saturated heterocycles. The summed E-state index contributed by atoms with van der Waals surface area (Å²) >= 11 is 0. The molecular weight excluding hydrogens is 340 g/mol. The molecule has 4 fully saturated rings. The molecule has 4 heteroatoms. The Bertz CT molecular complexity index is 714. The van der Waals surface area contributed by atoms with Gasteiger partial charge in [-0.05, 0) is 56.8 Å². The maximum atomic E-state index is 12.8. The predicted molar refractivity (Wildman–Crippen MR) is 99.6 cm³/mol. The Morgan fingerprint density at radius 2 is 1.70 bits per heavy atom. The van der Waals surface area contributed by atoms with Crippen molar-refractivity contribution in [1.82, 2.24) is 0 Å². The van der Waals surface area contributed by atoms with Crippen LogP contribution in [0.1, 0.15) is 58.8 Å². The average Bonchev–Trinajstić information content (AvgIpc) is 3.32. The number of esters is 1. The molecule has 0 heterocycles. The van der Waals surface area contributed by atoms with E-state index in [0.717, 1.165) is 19.3 Å². The van der Waals surface area contributed by atoms with E-state index in [0.29, 0.717) is 23.9 Å². The third kappa shape index (κ3) is 2.51. The van der Waals surface area contributed by atoms with Gasteiger partial charge in [0.25, 0.3) is 0 Å². The lowest BCUT2D eigenvalue weighted by Gasteiger charge is -2.37. The third-order valence-electron chi connectivity index (χ3n) is 8.49. The van der Waals surface area contributed by atoms with Gasteiger partial charge in [0.2, 0.25) is 0 Å². The number of ether oxygens (including phenoxy) is 1. The lowest BCUT2D eigenvalue weighted by Crippen LogP contribution is -2.39. The molecule has 0 amide bonds. The van der Waals surface area contributed by atoms with Crippen LogP contribution in [0, 0.1) is 47.3 Å². The molecule has 7 unspecified atom stereocenters. The van der Waals surface area contributed by atoms with E-state index in [-0.39, 0.29) is 47.4 Å². The zero-order valence-electron chi connectivity index (χ0n) is 16.4. The summed E-state index contributed by atoms with van der Waals surface area (Å²) in [5, 5.41) is 0. The zero-order valence-corrected chi connectivity index (χ0v) is 16.4. The summed E-state index contributed by atoms with van der Waals surface area (Å²) in [5.41, 5.74) is -0.424. The minimum absolute atomic E-state index is 0.00643. The second kappa shape index (κ2) is 6.02. The topological polar surface area (TPSA) is 60.4 Å². The van der Waals surface area contributed by atoms with Gasteiger partial charge in [0, 0.05) is 30.1 Å². The predicted octanol–water partition coefficient (Wildman–Crippen LogP) is 3.73. The van der Waals surface area contributed by atoms with Crippen molar-refractivity contribution in [3.63, 3.8) is 0 Å². The average molecular weight is 370 g/mol. The molecule has 0 aromatic carbocycles. The van der Waals surface area contributed by atoms with Crippen LogP contribution in [0.25, 0.3) is 0 Å². The number of hydrogen-bond acceptors (Lipinski definition) is 4. The number of carbonyl (C=O) groups is 3. The smallest absolute Gasteiger partial charge is 0.306 e. The molecule has 0 aromatic heterocycles. The normalized spacial score (nSPS) is 42.8.